The third-order valence-electron chi connectivity index (χ3n) is 3.94. The number of nitrogens with zero attached hydrogens (tertiary/aromatic N) is 4. The molecule has 2 rings (SSSR count). The minimum absolute atomic E-state index is 0.0111. The fraction of sp³-hybridized carbons (Fsp3) is 0.692. The SMILES string of the molecule is CC(=O)N1CCCN(S(=O)(=O)c2c(C)nn(C)c2C)CC1. The zero-order valence-electron chi connectivity index (χ0n) is 13.0. The number of aryl methyl sites for hydroxylation is 2. The molecular weight excluding hydrogens is 292 g/mol. The van der Waals surface area contributed by atoms with Gasteiger partial charge in [0.2, 0.25) is 15.9 Å². The van der Waals surface area contributed by atoms with Crippen molar-refractivity contribution in [1.29, 1.82) is 0 Å². The first-order valence-corrected chi connectivity index (χ1v) is 8.45. The van der Waals surface area contributed by atoms with Gasteiger partial charge in [-0.05, 0) is 20.3 Å². The fourth-order valence-electron chi connectivity index (χ4n) is 2.71. The van der Waals surface area contributed by atoms with Crippen LogP contribution in [0.25, 0.3) is 0 Å². The standard InChI is InChI=1S/C13H22N4O3S/c1-10-13(11(2)15(4)14-10)21(19,20)17-7-5-6-16(8-9-17)12(3)18/h5-9H2,1-4H3. The fourth-order valence-corrected chi connectivity index (χ4v) is 4.57. The van der Waals surface area contributed by atoms with E-state index in [4.69, 9.17) is 0 Å². The average molecular weight is 314 g/mol. The molecule has 2 heterocycles. The lowest BCUT2D eigenvalue weighted by atomic mass is 10.4. The summed E-state index contributed by atoms with van der Waals surface area (Å²) in [6.07, 6.45) is 0.650. The van der Waals surface area contributed by atoms with Gasteiger partial charge in [-0.25, -0.2) is 8.42 Å². The van der Waals surface area contributed by atoms with Crippen molar-refractivity contribution in [2.75, 3.05) is 26.2 Å². The molecule has 1 amide bonds. The molecule has 7 nitrogen and oxygen atoms in total. The van der Waals surface area contributed by atoms with Crippen molar-refractivity contribution in [2.45, 2.75) is 32.1 Å². The van der Waals surface area contributed by atoms with Crippen LogP contribution in [0.15, 0.2) is 4.90 Å². The predicted molar refractivity (Wildman–Crippen MR) is 78.3 cm³/mol. The molecule has 1 saturated heterocycles. The number of aromatic nitrogens is 2. The third-order valence-corrected chi connectivity index (χ3v) is 6.09. The van der Waals surface area contributed by atoms with Crippen LogP contribution in [0.2, 0.25) is 0 Å². The highest BCUT2D eigenvalue weighted by atomic mass is 32.2. The Balaban J connectivity index is 2.30. The van der Waals surface area contributed by atoms with Gasteiger partial charge < -0.3 is 4.90 Å². The Hall–Kier alpha value is -1.41. The molecule has 0 radical (unpaired) electrons. The first kappa shape index (κ1) is 16.0. The summed E-state index contributed by atoms with van der Waals surface area (Å²) in [6, 6.07) is 0. The Kier molecular flexibility index (Phi) is 4.38. The average Bonchev–Trinajstić information content (AvgIpc) is 2.59. The topological polar surface area (TPSA) is 75.5 Å². The number of hydrogen-bond acceptors (Lipinski definition) is 4. The van der Waals surface area contributed by atoms with Gasteiger partial charge in [0.1, 0.15) is 4.90 Å². The molecule has 1 aliphatic rings. The van der Waals surface area contributed by atoms with Crippen molar-refractivity contribution in [1.82, 2.24) is 19.0 Å². The molecule has 0 aliphatic carbocycles. The van der Waals surface area contributed by atoms with Gasteiger partial charge >= 0.3 is 0 Å². The van der Waals surface area contributed by atoms with Crippen LogP contribution in [0.1, 0.15) is 24.7 Å². The summed E-state index contributed by atoms with van der Waals surface area (Å²) in [5, 5.41) is 4.18. The second-order valence-corrected chi connectivity index (χ2v) is 7.26. The van der Waals surface area contributed by atoms with Gasteiger partial charge in [-0.15, -0.1) is 0 Å². The highest BCUT2D eigenvalue weighted by Crippen LogP contribution is 2.23. The van der Waals surface area contributed by atoms with Crippen LogP contribution >= 0.6 is 0 Å². The molecule has 0 spiro atoms. The lowest BCUT2D eigenvalue weighted by molar-refractivity contribution is -0.128. The van der Waals surface area contributed by atoms with Crippen LogP contribution in [0.5, 0.6) is 0 Å². The smallest absolute Gasteiger partial charge is 0.246 e. The van der Waals surface area contributed by atoms with Gasteiger partial charge in [0.15, 0.2) is 0 Å². The van der Waals surface area contributed by atoms with Crippen molar-refractivity contribution >= 4 is 15.9 Å². The Morgan fingerprint density at radius 2 is 1.81 bits per heavy atom. The van der Waals surface area contributed by atoms with Gasteiger partial charge in [0.25, 0.3) is 0 Å². The third kappa shape index (κ3) is 2.96. The molecule has 0 N–H and O–H groups in total. The maximum absolute atomic E-state index is 12.8. The van der Waals surface area contributed by atoms with Crippen molar-refractivity contribution in [3.8, 4) is 0 Å². The number of hydrogen-bond donors (Lipinski definition) is 0. The molecule has 118 valence electrons. The molecule has 0 saturated carbocycles. The van der Waals surface area contributed by atoms with Gasteiger partial charge in [-0.3, -0.25) is 9.48 Å². The van der Waals surface area contributed by atoms with Gasteiger partial charge in [-0.2, -0.15) is 9.40 Å². The molecule has 1 aliphatic heterocycles. The van der Waals surface area contributed by atoms with Gasteiger partial charge in [-0.1, -0.05) is 0 Å². The van der Waals surface area contributed by atoms with E-state index in [1.807, 2.05) is 0 Å². The molecule has 0 atom stereocenters. The lowest BCUT2D eigenvalue weighted by Crippen LogP contribution is -2.36. The van der Waals surface area contributed by atoms with E-state index in [2.05, 4.69) is 5.10 Å². The first-order chi connectivity index (χ1) is 9.75. The van der Waals surface area contributed by atoms with Crippen LogP contribution in [0.3, 0.4) is 0 Å². The summed E-state index contributed by atoms with van der Waals surface area (Å²) in [6.45, 7) is 6.78. The van der Waals surface area contributed by atoms with E-state index in [1.54, 1.807) is 30.5 Å². The minimum Gasteiger partial charge on any atom is -0.342 e. The maximum atomic E-state index is 12.8. The minimum atomic E-state index is -3.56. The van der Waals surface area contributed by atoms with Crippen LogP contribution in [0, 0.1) is 13.8 Å². The van der Waals surface area contributed by atoms with E-state index < -0.39 is 10.0 Å². The van der Waals surface area contributed by atoms with E-state index >= 15 is 0 Å². The molecular formula is C13H22N4O3S. The summed E-state index contributed by atoms with van der Waals surface area (Å²) in [7, 11) is -1.83. The van der Waals surface area contributed by atoms with Crippen molar-refractivity contribution in [3.63, 3.8) is 0 Å². The Bertz CT molecular complexity index is 651. The van der Waals surface area contributed by atoms with Gasteiger partial charge in [0, 0.05) is 40.2 Å². The normalized spacial score (nSPS) is 17.8. The highest BCUT2D eigenvalue weighted by molar-refractivity contribution is 7.89. The van der Waals surface area contributed by atoms with Crippen molar-refractivity contribution in [3.05, 3.63) is 11.4 Å². The Morgan fingerprint density at radius 3 is 2.33 bits per heavy atom. The van der Waals surface area contributed by atoms with Crippen LogP contribution < -0.4 is 0 Å². The van der Waals surface area contributed by atoms with Crippen LogP contribution in [0.4, 0.5) is 0 Å². The summed E-state index contributed by atoms with van der Waals surface area (Å²) in [4.78, 5) is 13.4. The highest BCUT2D eigenvalue weighted by Gasteiger charge is 2.32. The number of amides is 1. The Labute approximate surface area is 125 Å². The molecule has 0 bridgehead atoms. The van der Waals surface area contributed by atoms with Crippen molar-refractivity contribution in [2.24, 2.45) is 7.05 Å². The van der Waals surface area contributed by atoms with E-state index in [-0.39, 0.29) is 5.91 Å². The zero-order valence-corrected chi connectivity index (χ0v) is 13.8. The van der Waals surface area contributed by atoms with E-state index in [0.29, 0.717) is 48.9 Å². The van der Waals surface area contributed by atoms with Crippen LogP contribution in [-0.2, 0) is 21.9 Å². The monoisotopic (exact) mass is 314 g/mol. The maximum Gasteiger partial charge on any atom is 0.246 e. The summed E-state index contributed by atoms with van der Waals surface area (Å²) < 4.78 is 28.7. The van der Waals surface area contributed by atoms with E-state index in [0.717, 1.165) is 0 Å². The van der Waals surface area contributed by atoms with Crippen LogP contribution in [-0.4, -0.2) is 59.5 Å². The van der Waals surface area contributed by atoms with E-state index in [9.17, 15) is 13.2 Å². The summed E-state index contributed by atoms with van der Waals surface area (Å²) >= 11 is 0. The molecule has 1 aromatic rings. The van der Waals surface area contributed by atoms with Gasteiger partial charge in [0.05, 0.1) is 11.4 Å². The largest absolute Gasteiger partial charge is 0.342 e. The zero-order chi connectivity index (χ0) is 15.8. The quantitative estimate of drug-likeness (QED) is 0.786. The second-order valence-electron chi connectivity index (χ2n) is 5.39. The Morgan fingerprint density at radius 1 is 1.14 bits per heavy atom. The number of sulfonamides is 1. The number of carbonyl (C=O) groups excluding carboxylic acids is 1. The molecule has 0 aromatic carbocycles. The first-order valence-electron chi connectivity index (χ1n) is 7.01. The lowest BCUT2D eigenvalue weighted by Gasteiger charge is -2.21. The number of carbonyl (C=O) groups is 1. The summed E-state index contributed by atoms with van der Waals surface area (Å²) in [5.74, 6) is -0.0111. The molecule has 1 fully saturated rings. The van der Waals surface area contributed by atoms with Crippen molar-refractivity contribution < 1.29 is 13.2 Å². The molecule has 21 heavy (non-hydrogen) atoms. The number of rotatable bonds is 2. The van der Waals surface area contributed by atoms with E-state index in [1.165, 1.54) is 11.2 Å². The molecule has 0 unspecified atom stereocenters. The summed E-state index contributed by atoms with van der Waals surface area (Å²) in [5.41, 5.74) is 1.16. The second kappa shape index (κ2) is 5.76. The molecule has 1 aromatic heterocycles. The molecule has 8 heteroatoms. The predicted octanol–water partition coefficient (Wildman–Crippen LogP) is 0.280.